The molecule has 2 aliphatic rings. The second-order valence-corrected chi connectivity index (χ2v) is 5.43. The van der Waals surface area contributed by atoms with Crippen molar-refractivity contribution in [1.82, 2.24) is 0 Å². The van der Waals surface area contributed by atoms with Gasteiger partial charge in [0.2, 0.25) is 0 Å². The maximum atomic E-state index is 11.7. The van der Waals surface area contributed by atoms with Crippen molar-refractivity contribution in [3.05, 3.63) is 0 Å². The van der Waals surface area contributed by atoms with Crippen molar-refractivity contribution in [2.75, 3.05) is 18.6 Å². The number of hydrogen-bond donors (Lipinski definition) is 0. The van der Waals surface area contributed by atoms with E-state index in [9.17, 15) is 4.79 Å². The third kappa shape index (κ3) is 2.08. The van der Waals surface area contributed by atoms with E-state index in [1.807, 2.05) is 6.26 Å². The molecule has 3 heteroatoms. The van der Waals surface area contributed by atoms with Gasteiger partial charge in [0.05, 0.1) is 5.92 Å². The number of rotatable bonds is 4. The van der Waals surface area contributed by atoms with Crippen molar-refractivity contribution in [1.29, 1.82) is 0 Å². The molecular formula is C11H18O2S. The Labute approximate surface area is 89.8 Å². The first-order valence-corrected chi connectivity index (χ1v) is 6.86. The monoisotopic (exact) mass is 214 g/mol. The van der Waals surface area contributed by atoms with Crippen molar-refractivity contribution in [3.63, 3.8) is 0 Å². The summed E-state index contributed by atoms with van der Waals surface area (Å²) in [6.45, 7) is 0.591. The quantitative estimate of drug-likeness (QED) is 0.531. The first-order chi connectivity index (χ1) is 6.81. The fourth-order valence-electron chi connectivity index (χ4n) is 2.87. The number of carbonyl (C=O) groups excluding carboxylic acids is 1. The molecule has 0 amide bonds. The van der Waals surface area contributed by atoms with Crippen LogP contribution in [0.25, 0.3) is 0 Å². The fourth-order valence-corrected chi connectivity index (χ4v) is 3.12. The minimum Gasteiger partial charge on any atom is -0.465 e. The van der Waals surface area contributed by atoms with Gasteiger partial charge in [0.25, 0.3) is 0 Å². The van der Waals surface area contributed by atoms with Crippen LogP contribution in [0.4, 0.5) is 0 Å². The van der Waals surface area contributed by atoms with Gasteiger partial charge in [0.1, 0.15) is 6.61 Å². The van der Waals surface area contributed by atoms with E-state index in [2.05, 4.69) is 0 Å². The van der Waals surface area contributed by atoms with Crippen LogP contribution in [-0.2, 0) is 9.53 Å². The lowest BCUT2D eigenvalue weighted by Crippen LogP contribution is -2.23. The fraction of sp³-hybridized carbons (Fsp3) is 0.909. The summed E-state index contributed by atoms with van der Waals surface area (Å²) in [6.07, 6.45) is 7.02. The molecule has 80 valence electrons. The summed E-state index contributed by atoms with van der Waals surface area (Å²) in [7, 11) is 0. The Hall–Kier alpha value is -0.180. The Bertz CT molecular complexity index is 217. The van der Waals surface area contributed by atoms with Crippen molar-refractivity contribution in [3.8, 4) is 0 Å². The van der Waals surface area contributed by atoms with E-state index in [0.717, 1.165) is 18.1 Å². The van der Waals surface area contributed by atoms with E-state index in [-0.39, 0.29) is 11.9 Å². The molecule has 0 unspecified atom stereocenters. The van der Waals surface area contributed by atoms with Gasteiger partial charge in [-0.1, -0.05) is 6.42 Å². The van der Waals surface area contributed by atoms with Gasteiger partial charge in [-0.3, -0.25) is 4.79 Å². The number of hydrogen-bond acceptors (Lipinski definition) is 3. The Balaban J connectivity index is 1.75. The molecule has 2 bridgehead atoms. The van der Waals surface area contributed by atoms with Crippen molar-refractivity contribution >= 4 is 17.7 Å². The predicted molar refractivity (Wildman–Crippen MR) is 58.3 cm³/mol. The molecule has 0 heterocycles. The molecule has 0 aliphatic heterocycles. The highest BCUT2D eigenvalue weighted by Gasteiger charge is 2.43. The number of thioether (sulfide) groups is 1. The average Bonchev–Trinajstić information content (AvgIpc) is 2.79. The summed E-state index contributed by atoms with van der Waals surface area (Å²) in [5.74, 6) is 2.73. The highest BCUT2D eigenvalue weighted by Crippen LogP contribution is 2.48. The summed E-state index contributed by atoms with van der Waals surface area (Å²) in [4.78, 5) is 11.7. The standard InChI is InChI=1S/C11H18O2S/c1-14-5-4-13-11(12)10-7-8-2-3-9(10)6-8/h8-10H,2-7H2,1H3/t8-,9-,10+/m0/s1. The van der Waals surface area contributed by atoms with Gasteiger partial charge in [-0.15, -0.1) is 0 Å². The van der Waals surface area contributed by atoms with Crippen LogP contribution in [-0.4, -0.2) is 24.6 Å². The zero-order chi connectivity index (χ0) is 9.97. The number of ether oxygens (including phenoxy) is 1. The SMILES string of the molecule is CSCCOC(=O)[C@@H]1C[C@H]2CC[C@H]1C2. The minimum atomic E-state index is 0.0752. The molecule has 3 atom stereocenters. The normalized spacial score (nSPS) is 34.8. The van der Waals surface area contributed by atoms with Crippen LogP contribution >= 0.6 is 11.8 Å². The maximum absolute atomic E-state index is 11.7. The summed E-state index contributed by atoms with van der Waals surface area (Å²) >= 11 is 1.72. The molecule has 0 aromatic rings. The lowest BCUT2D eigenvalue weighted by atomic mass is 9.89. The molecule has 0 radical (unpaired) electrons. The predicted octanol–water partition coefficient (Wildman–Crippen LogP) is 2.33. The summed E-state index contributed by atoms with van der Waals surface area (Å²) in [5.41, 5.74) is 0. The average molecular weight is 214 g/mol. The Morgan fingerprint density at radius 2 is 2.29 bits per heavy atom. The number of fused-ring (bicyclic) bond motifs is 2. The summed E-state index contributed by atoms with van der Waals surface area (Å²) in [6, 6.07) is 0. The Morgan fingerprint density at radius 3 is 2.86 bits per heavy atom. The maximum Gasteiger partial charge on any atom is 0.309 e. The van der Waals surface area contributed by atoms with Crippen LogP contribution in [0.15, 0.2) is 0 Å². The van der Waals surface area contributed by atoms with Gasteiger partial charge < -0.3 is 4.74 Å². The lowest BCUT2D eigenvalue weighted by Gasteiger charge is -2.19. The highest BCUT2D eigenvalue weighted by atomic mass is 32.2. The molecule has 2 aliphatic carbocycles. The first kappa shape index (κ1) is 10.3. The molecule has 0 aromatic carbocycles. The zero-order valence-corrected chi connectivity index (χ0v) is 9.52. The third-order valence-electron chi connectivity index (χ3n) is 3.57. The second kappa shape index (κ2) is 4.56. The van der Waals surface area contributed by atoms with E-state index in [1.165, 1.54) is 19.3 Å². The first-order valence-electron chi connectivity index (χ1n) is 5.47. The molecular weight excluding hydrogens is 196 g/mol. The zero-order valence-electron chi connectivity index (χ0n) is 8.70. The summed E-state index contributed by atoms with van der Waals surface area (Å²) in [5, 5.41) is 0. The van der Waals surface area contributed by atoms with Gasteiger partial charge in [-0.05, 0) is 37.4 Å². The van der Waals surface area contributed by atoms with Crippen molar-refractivity contribution < 1.29 is 9.53 Å². The molecule has 14 heavy (non-hydrogen) atoms. The van der Waals surface area contributed by atoms with Crippen molar-refractivity contribution in [2.45, 2.75) is 25.7 Å². The van der Waals surface area contributed by atoms with Crippen LogP contribution < -0.4 is 0 Å². The van der Waals surface area contributed by atoms with Crippen LogP contribution in [0.5, 0.6) is 0 Å². The van der Waals surface area contributed by atoms with Gasteiger partial charge in [-0.2, -0.15) is 11.8 Å². The van der Waals surface area contributed by atoms with Gasteiger partial charge in [-0.25, -0.2) is 0 Å². The Morgan fingerprint density at radius 1 is 1.43 bits per heavy atom. The topological polar surface area (TPSA) is 26.3 Å². The van der Waals surface area contributed by atoms with E-state index < -0.39 is 0 Å². The number of esters is 1. The molecule has 0 saturated heterocycles. The summed E-state index contributed by atoms with van der Waals surface area (Å²) < 4.78 is 5.26. The smallest absolute Gasteiger partial charge is 0.309 e. The van der Waals surface area contributed by atoms with E-state index in [4.69, 9.17) is 4.74 Å². The van der Waals surface area contributed by atoms with Gasteiger partial charge in [0, 0.05) is 5.75 Å². The minimum absolute atomic E-state index is 0.0752. The Kier molecular flexibility index (Phi) is 3.37. The van der Waals surface area contributed by atoms with Crippen LogP contribution in [0.1, 0.15) is 25.7 Å². The van der Waals surface area contributed by atoms with E-state index >= 15 is 0 Å². The van der Waals surface area contributed by atoms with Crippen LogP contribution in [0.2, 0.25) is 0 Å². The molecule has 2 saturated carbocycles. The van der Waals surface area contributed by atoms with Crippen molar-refractivity contribution in [2.24, 2.45) is 17.8 Å². The molecule has 0 aromatic heterocycles. The van der Waals surface area contributed by atoms with E-state index in [1.54, 1.807) is 11.8 Å². The highest BCUT2D eigenvalue weighted by molar-refractivity contribution is 7.98. The van der Waals surface area contributed by atoms with Gasteiger partial charge in [0.15, 0.2) is 0 Å². The second-order valence-electron chi connectivity index (χ2n) is 4.44. The van der Waals surface area contributed by atoms with Crippen LogP contribution in [0, 0.1) is 17.8 Å². The van der Waals surface area contributed by atoms with Gasteiger partial charge >= 0.3 is 5.97 Å². The molecule has 0 spiro atoms. The molecule has 2 fully saturated rings. The van der Waals surface area contributed by atoms with Crippen LogP contribution in [0.3, 0.4) is 0 Å². The lowest BCUT2D eigenvalue weighted by molar-refractivity contribution is -0.149. The molecule has 2 rings (SSSR count). The largest absolute Gasteiger partial charge is 0.465 e. The number of carbonyl (C=O) groups is 1. The molecule has 2 nitrogen and oxygen atoms in total. The molecule has 0 N–H and O–H groups in total. The van der Waals surface area contributed by atoms with E-state index in [0.29, 0.717) is 12.5 Å². The third-order valence-corrected chi connectivity index (χ3v) is 4.15.